The number of nitrogens with one attached hydrogen (secondary N) is 1. The molecule has 1 saturated carbocycles. The van der Waals surface area contributed by atoms with Gasteiger partial charge in [-0.1, -0.05) is 56.0 Å². The van der Waals surface area contributed by atoms with Crippen LogP contribution >= 0.6 is 0 Å². The van der Waals surface area contributed by atoms with E-state index in [9.17, 15) is 14.7 Å². The fraction of sp³-hybridized carbons (Fsp3) is 0.400. The van der Waals surface area contributed by atoms with Crippen molar-refractivity contribution in [3.63, 3.8) is 0 Å². The lowest BCUT2D eigenvalue weighted by molar-refractivity contribution is -0.137. The maximum Gasteiger partial charge on any atom is 0.304 e. The van der Waals surface area contributed by atoms with Crippen LogP contribution in [-0.4, -0.2) is 42.8 Å². The van der Waals surface area contributed by atoms with Gasteiger partial charge in [0.1, 0.15) is 19.0 Å². The van der Waals surface area contributed by atoms with Crippen molar-refractivity contribution in [3.05, 3.63) is 65.7 Å². The molecule has 37 heavy (non-hydrogen) atoms. The second-order valence-electron chi connectivity index (χ2n) is 9.87. The molecule has 3 aromatic carbocycles. The predicted molar refractivity (Wildman–Crippen MR) is 141 cm³/mol. The van der Waals surface area contributed by atoms with Crippen LogP contribution in [0, 0.1) is 0 Å². The predicted octanol–water partition coefficient (Wildman–Crippen LogP) is 5.44. The molecule has 1 fully saturated rings. The molecular weight excluding hydrogens is 470 g/mol. The number of aliphatic carboxylic acids is 1. The van der Waals surface area contributed by atoms with Crippen molar-refractivity contribution in [2.45, 2.75) is 56.9 Å². The van der Waals surface area contributed by atoms with Crippen LogP contribution in [-0.2, 0) is 9.59 Å². The van der Waals surface area contributed by atoms with Crippen molar-refractivity contribution in [2.24, 2.45) is 0 Å². The van der Waals surface area contributed by atoms with Gasteiger partial charge in [-0.25, -0.2) is 0 Å². The zero-order valence-corrected chi connectivity index (χ0v) is 20.9. The molecule has 194 valence electrons. The molecule has 1 aliphatic heterocycles. The van der Waals surface area contributed by atoms with Gasteiger partial charge in [-0.05, 0) is 59.0 Å². The largest absolute Gasteiger partial charge is 0.486 e. The average Bonchev–Trinajstić information content (AvgIpc) is 3.18. The van der Waals surface area contributed by atoms with Crippen molar-refractivity contribution in [3.8, 4) is 17.2 Å². The zero-order valence-electron chi connectivity index (χ0n) is 20.9. The number of hydrogen-bond acceptors (Lipinski definition) is 5. The Morgan fingerprint density at radius 3 is 2.35 bits per heavy atom. The molecule has 2 N–H and O–H groups in total. The maximum atomic E-state index is 12.5. The van der Waals surface area contributed by atoms with E-state index in [1.807, 2.05) is 54.6 Å². The summed E-state index contributed by atoms with van der Waals surface area (Å²) in [5.41, 5.74) is 1.74. The lowest BCUT2D eigenvalue weighted by atomic mass is 9.87. The number of ether oxygens (including phenoxy) is 3. The highest BCUT2D eigenvalue weighted by Gasteiger charge is 2.22. The van der Waals surface area contributed by atoms with Crippen LogP contribution in [0.2, 0.25) is 0 Å². The van der Waals surface area contributed by atoms with Gasteiger partial charge < -0.3 is 24.6 Å². The van der Waals surface area contributed by atoms with Crippen LogP contribution in [0.25, 0.3) is 10.8 Å². The fourth-order valence-electron chi connectivity index (χ4n) is 5.27. The summed E-state index contributed by atoms with van der Waals surface area (Å²) in [6, 6.07) is 17.5. The Hall–Kier alpha value is -3.74. The summed E-state index contributed by atoms with van der Waals surface area (Å²) in [4.78, 5) is 24.2. The third-order valence-electron chi connectivity index (χ3n) is 7.18. The number of rotatable bonds is 8. The maximum absolute atomic E-state index is 12.5. The summed E-state index contributed by atoms with van der Waals surface area (Å²) in [5, 5.41) is 14.7. The van der Waals surface area contributed by atoms with Gasteiger partial charge in [-0.2, -0.15) is 0 Å². The molecule has 3 aromatic rings. The third-order valence-corrected chi connectivity index (χ3v) is 7.18. The Morgan fingerprint density at radius 2 is 1.57 bits per heavy atom. The minimum atomic E-state index is -0.878. The molecule has 0 bridgehead atoms. The van der Waals surface area contributed by atoms with Gasteiger partial charge >= 0.3 is 5.97 Å². The van der Waals surface area contributed by atoms with Gasteiger partial charge in [0.15, 0.2) is 18.1 Å². The quantitative estimate of drug-likeness (QED) is 0.398. The number of carboxylic acids is 1. The topological polar surface area (TPSA) is 94.1 Å². The Bertz CT molecular complexity index is 1260. The van der Waals surface area contributed by atoms with E-state index < -0.39 is 5.97 Å². The molecular formula is C30H33NO6. The van der Waals surface area contributed by atoms with E-state index in [4.69, 9.17) is 14.2 Å². The summed E-state index contributed by atoms with van der Waals surface area (Å²) in [5.74, 6) is 0.588. The summed E-state index contributed by atoms with van der Waals surface area (Å²) < 4.78 is 17.2. The van der Waals surface area contributed by atoms with Crippen molar-refractivity contribution in [1.82, 2.24) is 5.32 Å². The Labute approximate surface area is 216 Å². The normalized spacial score (nSPS) is 16.5. The summed E-state index contributed by atoms with van der Waals surface area (Å²) in [6.45, 7) is 0.945. The standard InChI is InChI=1S/C30H33NO6/c32-29(31-24-5-3-1-2-4-6-24)19-37-25-11-9-20-7-8-21(15-23(20)16-25)26(18-30(33)34)22-10-12-27-28(17-22)36-14-13-35-27/h7-12,15-17,24,26H,1-6,13-14,18-19H2,(H,31,32)(H,33,34)/t26-/m0/s1. The number of carbonyl (C=O) groups excluding carboxylic acids is 1. The second kappa shape index (κ2) is 11.5. The van der Waals surface area contributed by atoms with Gasteiger partial charge in [0.2, 0.25) is 0 Å². The minimum absolute atomic E-state index is 0.0272. The van der Waals surface area contributed by atoms with Crippen LogP contribution in [0.1, 0.15) is 62.0 Å². The first-order chi connectivity index (χ1) is 18.0. The fourth-order valence-corrected chi connectivity index (χ4v) is 5.27. The molecule has 1 heterocycles. The van der Waals surface area contributed by atoms with Gasteiger partial charge in [0.05, 0.1) is 6.42 Å². The lowest BCUT2D eigenvalue weighted by Crippen LogP contribution is -2.37. The van der Waals surface area contributed by atoms with E-state index in [1.165, 1.54) is 12.8 Å². The SMILES string of the molecule is O=C(O)C[C@H](c1ccc2c(c1)OCCO2)c1ccc2ccc(OCC(=O)NC3CCCCCC3)cc2c1. The Morgan fingerprint density at radius 1 is 0.865 bits per heavy atom. The minimum Gasteiger partial charge on any atom is -0.486 e. The average molecular weight is 504 g/mol. The molecule has 1 amide bonds. The zero-order chi connectivity index (χ0) is 25.6. The van der Waals surface area contributed by atoms with Crippen LogP contribution in [0.15, 0.2) is 54.6 Å². The van der Waals surface area contributed by atoms with Gasteiger partial charge in [-0.3, -0.25) is 9.59 Å². The number of fused-ring (bicyclic) bond motifs is 2. The van der Waals surface area contributed by atoms with E-state index in [1.54, 1.807) is 0 Å². The molecule has 0 aromatic heterocycles. The van der Waals surface area contributed by atoms with Crippen molar-refractivity contribution in [1.29, 1.82) is 0 Å². The van der Waals surface area contributed by atoms with Gasteiger partial charge in [-0.15, -0.1) is 0 Å². The molecule has 7 nitrogen and oxygen atoms in total. The van der Waals surface area contributed by atoms with Crippen LogP contribution < -0.4 is 19.5 Å². The van der Waals surface area contributed by atoms with Gasteiger partial charge in [0, 0.05) is 12.0 Å². The third kappa shape index (κ3) is 6.34. The highest BCUT2D eigenvalue weighted by molar-refractivity contribution is 5.85. The van der Waals surface area contributed by atoms with Crippen molar-refractivity contribution in [2.75, 3.05) is 19.8 Å². The molecule has 0 saturated heterocycles. The first-order valence-electron chi connectivity index (χ1n) is 13.1. The Kier molecular flexibility index (Phi) is 7.78. The van der Waals surface area contributed by atoms with E-state index in [2.05, 4.69) is 5.32 Å². The first kappa shape index (κ1) is 24.9. The van der Waals surface area contributed by atoms with Crippen molar-refractivity contribution < 1.29 is 28.9 Å². The van der Waals surface area contributed by atoms with E-state index in [0.29, 0.717) is 30.5 Å². The van der Waals surface area contributed by atoms with Crippen molar-refractivity contribution >= 4 is 22.6 Å². The number of amides is 1. The number of hydrogen-bond donors (Lipinski definition) is 2. The number of carbonyl (C=O) groups is 2. The van der Waals surface area contributed by atoms with E-state index in [0.717, 1.165) is 47.6 Å². The van der Waals surface area contributed by atoms with Crippen LogP contribution in [0.3, 0.4) is 0 Å². The highest BCUT2D eigenvalue weighted by Crippen LogP contribution is 2.37. The number of benzene rings is 3. The molecule has 1 atom stereocenters. The lowest BCUT2D eigenvalue weighted by Gasteiger charge is -2.22. The summed E-state index contributed by atoms with van der Waals surface area (Å²) in [6.07, 6.45) is 6.81. The van der Waals surface area contributed by atoms with Crippen LogP contribution in [0.4, 0.5) is 0 Å². The van der Waals surface area contributed by atoms with E-state index >= 15 is 0 Å². The summed E-state index contributed by atoms with van der Waals surface area (Å²) in [7, 11) is 0. The van der Waals surface area contributed by atoms with E-state index in [-0.39, 0.29) is 30.9 Å². The molecule has 0 unspecified atom stereocenters. The highest BCUT2D eigenvalue weighted by atomic mass is 16.6. The molecule has 7 heteroatoms. The van der Waals surface area contributed by atoms with Gasteiger partial charge in [0.25, 0.3) is 5.91 Å². The second-order valence-corrected chi connectivity index (χ2v) is 9.87. The monoisotopic (exact) mass is 503 g/mol. The molecule has 0 spiro atoms. The van der Waals surface area contributed by atoms with Crippen LogP contribution in [0.5, 0.6) is 17.2 Å². The molecule has 1 aliphatic carbocycles. The summed E-state index contributed by atoms with van der Waals surface area (Å²) >= 11 is 0. The molecule has 5 rings (SSSR count). The number of carboxylic acid groups (broad SMARTS) is 1. The Balaban J connectivity index is 1.33. The smallest absolute Gasteiger partial charge is 0.304 e. The molecule has 0 radical (unpaired) electrons. The first-order valence-corrected chi connectivity index (χ1v) is 13.1. The molecule has 2 aliphatic rings.